The van der Waals surface area contributed by atoms with E-state index in [-0.39, 0.29) is 11.7 Å². The van der Waals surface area contributed by atoms with Crippen molar-refractivity contribution in [1.82, 2.24) is 14.8 Å². The molecule has 0 spiro atoms. The molecule has 0 atom stereocenters. The summed E-state index contributed by atoms with van der Waals surface area (Å²) < 4.78 is 2.05. The van der Waals surface area contributed by atoms with Gasteiger partial charge in [0.2, 0.25) is 5.91 Å². The van der Waals surface area contributed by atoms with Crippen LogP contribution in [0.25, 0.3) is 5.69 Å². The Morgan fingerprint density at radius 1 is 1.03 bits per heavy atom. The van der Waals surface area contributed by atoms with Crippen LogP contribution in [0.5, 0.6) is 0 Å². The number of rotatable bonds is 7. The first-order valence-corrected chi connectivity index (χ1v) is 11.9. The van der Waals surface area contributed by atoms with Gasteiger partial charge in [-0.05, 0) is 61.5 Å². The highest BCUT2D eigenvalue weighted by atomic mass is 32.2. The predicted molar refractivity (Wildman–Crippen MR) is 128 cm³/mol. The number of amides is 1. The Labute approximate surface area is 190 Å². The number of carbonyl (C=O) groups is 1. The zero-order chi connectivity index (χ0) is 21.8. The molecule has 5 nitrogen and oxygen atoms in total. The van der Waals surface area contributed by atoms with E-state index in [0.29, 0.717) is 11.6 Å². The maximum atomic E-state index is 12.6. The topological polar surface area (TPSA) is 59.8 Å². The van der Waals surface area contributed by atoms with Crippen LogP contribution in [0.3, 0.4) is 0 Å². The van der Waals surface area contributed by atoms with Gasteiger partial charge in [0.05, 0.1) is 5.75 Å². The van der Waals surface area contributed by atoms with Gasteiger partial charge in [-0.1, -0.05) is 47.7 Å². The van der Waals surface area contributed by atoms with Gasteiger partial charge in [0.25, 0.3) is 0 Å². The molecule has 0 aliphatic carbocycles. The SMILES string of the molecule is Cc1ccc(-n2c(Cc3cccs3)nnc2SCC(=O)Nc2cccc(C)c2C)cc1. The van der Waals surface area contributed by atoms with Crippen molar-refractivity contribution in [1.29, 1.82) is 0 Å². The van der Waals surface area contributed by atoms with E-state index in [9.17, 15) is 4.79 Å². The van der Waals surface area contributed by atoms with Crippen LogP contribution in [0.1, 0.15) is 27.4 Å². The van der Waals surface area contributed by atoms with Crippen LogP contribution >= 0.6 is 23.1 Å². The number of aryl methyl sites for hydroxylation is 2. The molecule has 31 heavy (non-hydrogen) atoms. The van der Waals surface area contributed by atoms with E-state index >= 15 is 0 Å². The molecule has 7 heteroatoms. The van der Waals surface area contributed by atoms with E-state index in [1.807, 2.05) is 38.1 Å². The second-order valence-corrected chi connectivity index (χ2v) is 9.38. The second-order valence-electron chi connectivity index (χ2n) is 7.41. The highest BCUT2D eigenvalue weighted by Gasteiger charge is 2.17. The highest BCUT2D eigenvalue weighted by molar-refractivity contribution is 7.99. The van der Waals surface area contributed by atoms with Crippen molar-refractivity contribution in [3.8, 4) is 5.69 Å². The van der Waals surface area contributed by atoms with Crippen LogP contribution in [0.15, 0.2) is 65.1 Å². The smallest absolute Gasteiger partial charge is 0.234 e. The first-order valence-electron chi connectivity index (χ1n) is 10.0. The Morgan fingerprint density at radius 3 is 2.58 bits per heavy atom. The molecule has 0 radical (unpaired) electrons. The zero-order valence-corrected chi connectivity index (χ0v) is 19.4. The van der Waals surface area contributed by atoms with Crippen molar-refractivity contribution >= 4 is 34.7 Å². The average Bonchev–Trinajstić information content (AvgIpc) is 3.41. The van der Waals surface area contributed by atoms with Crippen LogP contribution in [-0.2, 0) is 11.2 Å². The normalized spacial score (nSPS) is 10.9. The first-order chi connectivity index (χ1) is 15.0. The number of thioether (sulfide) groups is 1. The van der Waals surface area contributed by atoms with Gasteiger partial charge in [0.1, 0.15) is 5.82 Å². The number of nitrogens with zero attached hydrogens (tertiary/aromatic N) is 3. The quantitative estimate of drug-likeness (QED) is 0.375. The van der Waals surface area contributed by atoms with Gasteiger partial charge in [0, 0.05) is 22.7 Å². The van der Waals surface area contributed by atoms with Crippen LogP contribution in [0.2, 0.25) is 0 Å². The molecule has 1 amide bonds. The lowest BCUT2D eigenvalue weighted by molar-refractivity contribution is -0.113. The summed E-state index contributed by atoms with van der Waals surface area (Å²) in [7, 11) is 0. The fourth-order valence-corrected chi connectivity index (χ4v) is 4.71. The van der Waals surface area contributed by atoms with E-state index < -0.39 is 0 Å². The van der Waals surface area contributed by atoms with Crippen molar-refractivity contribution in [3.63, 3.8) is 0 Å². The van der Waals surface area contributed by atoms with E-state index in [1.54, 1.807) is 11.3 Å². The first kappa shape index (κ1) is 21.3. The van der Waals surface area contributed by atoms with Crippen LogP contribution < -0.4 is 5.32 Å². The minimum atomic E-state index is -0.0584. The Kier molecular flexibility index (Phi) is 6.53. The molecule has 2 heterocycles. The van der Waals surface area contributed by atoms with Gasteiger partial charge >= 0.3 is 0 Å². The number of carbonyl (C=O) groups excluding carboxylic acids is 1. The molecule has 2 aromatic carbocycles. The summed E-state index contributed by atoms with van der Waals surface area (Å²) in [6, 6.07) is 18.3. The lowest BCUT2D eigenvalue weighted by atomic mass is 10.1. The second kappa shape index (κ2) is 9.49. The van der Waals surface area contributed by atoms with E-state index in [4.69, 9.17) is 0 Å². The number of hydrogen-bond acceptors (Lipinski definition) is 5. The molecule has 0 aliphatic heterocycles. The molecule has 4 aromatic rings. The maximum Gasteiger partial charge on any atom is 0.234 e. The number of benzene rings is 2. The molecular weight excluding hydrogens is 424 g/mol. The molecule has 0 saturated heterocycles. The van der Waals surface area contributed by atoms with Crippen molar-refractivity contribution in [2.24, 2.45) is 0 Å². The minimum Gasteiger partial charge on any atom is -0.325 e. The molecule has 1 N–H and O–H groups in total. The summed E-state index contributed by atoms with van der Waals surface area (Å²) >= 11 is 3.10. The van der Waals surface area contributed by atoms with Gasteiger partial charge in [0.15, 0.2) is 5.16 Å². The molecule has 158 valence electrons. The van der Waals surface area contributed by atoms with E-state index in [2.05, 4.69) is 62.7 Å². The standard InChI is InChI=1S/C24H24N4OS2/c1-16-9-11-19(12-10-16)28-22(14-20-7-5-13-30-20)26-27-24(28)31-15-23(29)25-21-8-4-6-17(2)18(21)3/h4-13H,14-15H2,1-3H3,(H,25,29). The van der Waals surface area contributed by atoms with Crippen molar-refractivity contribution < 1.29 is 4.79 Å². The van der Waals surface area contributed by atoms with Crippen LogP contribution in [0, 0.1) is 20.8 Å². The maximum absolute atomic E-state index is 12.6. The summed E-state index contributed by atoms with van der Waals surface area (Å²) in [4.78, 5) is 13.8. The molecular formula is C24H24N4OS2. The molecule has 0 aliphatic rings. The summed E-state index contributed by atoms with van der Waals surface area (Å²) in [6.45, 7) is 6.12. The van der Waals surface area contributed by atoms with Crippen molar-refractivity contribution in [2.75, 3.05) is 11.1 Å². The van der Waals surface area contributed by atoms with Gasteiger partial charge in [-0.15, -0.1) is 21.5 Å². The van der Waals surface area contributed by atoms with E-state index in [1.165, 1.54) is 22.2 Å². The highest BCUT2D eigenvalue weighted by Crippen LogP contribution is 2.25. The van der Waals surface area contributed by atoms with E-state index in [0.717, 1.165) is 28.3 Å². The monoisotopic (exact) mass is 448 g/mol. The number of aromatic nitrogens is 3. The number of nitrogens with one attached hydrogen (secondary N) is 1. The molecule has 0 fully saturated rings. The number of hydrogen-bond donors (Lipinski definition) is 1. The lowest BCUT2D eigenvalue weighted by Crippen LogP contribution is -2.15. The van der Waals surface area contributed by atoms with Crippen molar-refractivity contribution in [2.45, 2.75) is 32.3 Å². The fourth-order valence-electron chi connectivity index (χ4n) is 3.23. The number of anilines is 1. The summed E-state index contributed by atoms with van der Waals surface area (Å²) in [5.41, 5.74) is 5.28. The molecule has 0 saturated carbocycles. The molecule has 0 bridgehead atoms. The summed E-state index contributed by atoms with van der Waals surface area (Å²) in [5, 5.41) is 14.6. The molecule has 4 rings (SSSR count). The van der Waals surface area contributed by atoms with Gasteiger partial charge in [-0.3, -0.25) is 9.36 Å². The average molecular weight is 449 g/mol. The van der Waals surface area contributed by atoms with Gasteiger partial charge in [-0.25, -0.2) is 0 Å². The van der Waals surface area contributed by atoms with Gasteiger partial charge in [-0.2, -0.15) is 0 Å². The van der Waals surface area contributed by atoms with Gasteiger partial charge < -0.3 is 5.32 Å². The fraction of sp³-hybridized carbons (Fsp3) is 0.208. The Bertz CT molecular complexity index is 1180. The molecule has 0 unspecified atom stereocenters. The number of thiophene rings is 1. The largest absolute Gasteiger partial charge is 0.325 e. The summed E-state index contributed by atoms with van der Waals surface area (Å²) in [5.74, 6) is 1.07. The lowest BCUT2D eigenvalue weighted by Gasteiger charge is -2.12. The Morgan fingerprint density at radius 2 is 1.84 bits per heavy atom. The third-order valence-corrected chi connectivity index (χ3v) is 6.92. The predicted octanol–water partition coefficient (Wildman–Crippen LogP) is 5.58. The summed E-state index contributed by atoms with van der Waals surface area (Å²) in [6.07, 6.45) is 0.702. The zero-order valence-electron chi connectivity index (χ0n) is 17.8. The Hall–Kier alpha value is -2.90. The van der Waals surface area contributed by atoms with Crippen LogP contribution in [-0.4, -0.2) is 26.4 Å². The third-order valence-electron chi connectivity index (χ3n) is 5.12. The third kappa shape index (κ3) is 5.06. The van der Waals surface area contributed by atoms with Crippen LogP contribution in [0.4, 0.5) is 5.69 Å². The van der Waals surface area contributed by atoms with Crippen molar-refractivity contribution in [3.05, 3.63) is 87.4 Å². The minimum absolute atomic E-state index is 0.0584. The molecule has 2 aromatic heterocycles. The Balaban J connectivity index is 1.54.